The van der Waals surface area contributed by atoms with Gasteiger partial charge in [0.1, 0.15) is 5.69 Å². The summed E-state index contributed by atoms with van der Waals surface area (Å²) < 4.78 is 47.6. The van der Waals surface area contributed by atoms with E-state index in [2.05, 4.69) is 4.98 Å². The van der Waals surface area contributed by atoms with Gasteiger partial charge in [0, 0.05) is 57.4 Å². The van der Waals surface area contributed by atoms with Crippen LogP contribution in [0.1, 0.15) is 28.0 Å². The summed E-state index contributed by atoms with van der Waals surface area (Å²) in [5.74, 6) is -0.0643. The number of methoxy groups -OCH3 is 1. The van der Waals surface area contributed by atoms with Gasteiger partial charge in [-0.2, -0.15) is 18.4 Å². The lowest BCUT2D eigenvalue weighted by Gasteiger charge is -2.42. The first-order valence-electron chi connectivity index (χ1n) is 10.3. The number of fused-ring (bicyclic) bond motifs is 1. The van der Waals surface area contributed by atoms with Crippen LogP contribution in [0.3, 0.4) is 0 Å². The number of aryl methyl sites for hydroxylation is 1. The maximum Gasteiger partial charge on any atom is 0.417 e. The van der Waals surface area contributed by atoms with Crippen LogP contribution >= 0.6 is 0 Å². The van der Waals surface area contributed by atoms with Crippen LogP contribution in [0.5, 0.6) is 0 Å². The van der Waals surface area contributed by atoms with Gasteiger partial charge in [-0.1, -0.05) is 0 Å². The standard InChI is InChI=1S/C22H24F3N5O2/c1-28-14-27-9-19(28)20(31)29-6-5-21(13-32-2)12-30(11-16(21)10-29)17-4-3-15(8-26)18(7-17)22(23,24)25/h3-4,7,9,14,16H,5-6,10-13H2,1-2H3/t16-,21+/m1/s1. The lowest BCUT2D eigenvalue weighted by Crippen LogP contribution is -2.51. The van der Waals surface area contributed by atoms with E-state index in [1.807, 2.05) is 4.90 Å². The summed E-state index contributed by atoms with van der Waals surface area (Å²) in [6.45, 7) is 2.53. The molecule has 2 atom stereocenters. The van der Waals surface area contributed by atoms with E-state index in [9.17, 15) is 18.0 Å². The number of amides is 1. The number of carbonyl (C=O) groups is 1. The molecule has 170 valence electrons. The van der Waals surface area contributed by atoms with Crippen LogP contribution in [0.25, 0.3) is 0 Å². The monoisotopic (exact) mass is 447 g/mol. The van der Waals surface area contributed by atoms with Gasteiger partial charge in [-0.15, -0.1) is 0 Å². The Bertz CT molecular complexity index is 1060. The summed E-state index contributed by atoms with van der Waals surface area (Å²) in [5.41, 5.74) is -0.657. The highest BCUT2D eigenvalue weighted by Gasteiger charge is 2.50. The number of halogens is 3. The number of likely N-dealkylation sites (tertiary alicyclic amines) is 1. The summed E-state index contributed by atoms with van der Waals surface area (Å²) in [7, 11) is 3.38. The van der Waals surface area contributed by atoms with Crippen LogP contribution in [-0.2, 0) is 18.0 Å². The molecule has 10 heteroatoms. The maximum absolute atomic E-state index is 13.5. The van der Waals surface area contributed by atoms with E-state index in [-0.39, 0.29) is 17.2 Å². The number of anilines is 1. The second-order valence-corrected chi connectivity index (χ2v) is 8.60. The van der Waals surface area contributed by atoms with E-state index < -0.39 is 17.3 Å². The highest BCUT2D eigenvalue weighted by Crippen LogP contribution is 2.45. The molecule has 1 aromatic heterocycles. The molecule has 0 saturated carbocycles. The van der Waals surface area contributed by atoms with Crippen molar-refractivity contribution in [1.82, 2.24) is 14.5 Å². The normalized spacial score (nSPS) is 23.2. The van der Waals surface area contributed by atoms with Crippen LogP contribution in [0, 0.1) is 22.7 Å². The smallest absolute Gasteiger partial charge is 0.384 e. The van der Waals surface area contributed by atoms with E-state index in [0.29, 0.717) is 50.6 Å². The summed E-state index contributed by atoms with van der Waals surface area (Å²) in [4.78, 5) is 20.7. The highest BCUT2D eigenvalue weighted by atomic mass is 19.4. The van der Waals surface area contributed by atoms with Crippen molar-refractivity contribution < 1.29 is 22.7 Å². The SMILES string of the molecule is COC[C@@]12CCN(C(=O)c3cncn3C)C[C@@H]1CN(c1ccc(C#N)c(C(F)(F)F)c1)C2. The molecule has 0 unspecified atom stereocenters. The molecule has 2 saturated heterocycles. The van der Waals surface area contributed by atoms with E-state index >= 15 is 0 Å². The molecule has 0 spiro atoms. The van der Waals surface area contributed by atoms with Crippen molar-refractivity contribution >= 4 is 11.6 Å². The van der Waals surface area contributed by atoms with E-state index in [1.54, 1.807) is 42.1 Å². The summed E-state index contributed by atoms with van der Waals surface area (Å²) in [5, 5.41) is 9.07. The van der Waals surface area contributed by atoms with Gasteiger partial charge >= 0.3 is 6.18 Å². The fourth-order valence-corrected chi connectivity index (χ4v) is 4.97. The Hall–Kier alpha value is -3.06. The first-order valence-corrected chi connectivity index (χ1v) is 10.3. The van der Waals surface area contributed by atoms with Crippen molar-refractivity contribution in [3.05, 3.63) is 47.5 Å². The van der Waals surface area contributed by atoms with Gasteiger partial charge < -0.3 is 19.1 Å². The van der Waals surface area contributed by atoms with Crippen molar-refractivity contribution in [1.29, 1.82) is 5.26 Å². The Labute approximate surface area is 184 Å². The molecule has 0 aliphatic carbocycles. The number of nitrogens with zero attached hydrogens (tertiary/aromatic N) is 5. The van der Waals surface area contributed by atoms with Gasteiger partial charge in [0.05, 0.1) is 36.3 Å². The van der Waals surface area contributed by atoms with Crippen molar-refractivity contribution in [2.75, 3.05) is 44.8 Å². The number of hydrogen-bond acceptors (Lipinski definition) is 5. The van der Waals surface area contributed by atoms with Crippen molar-refractivity contribution in [3.63, 3.8) is 0 Å². The molecule has 7 nitrogen and oxygen atoms in total. The van der Waals surface area contributed by atoms with Crippen LogP contribution in [0.4, 0.5) is 18.9 Å². The molecule has 0 bridgehead atoms. The summed E-state index contributed by atoms with van der Waals surface area (Å²) in [6, 6.07) is 5.46. The number of imidazole rings is 1. The molecule has 0 radical (unpaired) electrons. The maximum atomic E-state index is 13.5. The number of aromatic nitrogens is 2. The van der Waals surface area contributed by atoms with Crippen LogP contribution in [0.2, 0.25) is 0 Å². The van der Waals surface area contributed by atoms with Gasteiger partial charge in [0.15, 0.2) is 0 Å². The second-order valence-electron chi connectivity index (χ2n) is 8.60. The third-order valence-corrected chi connectivity index (χ3v) is 6.68. The Morgan fingerprint density at radius 2 is 2.16 bits per heavy atom. The molecule has 4 rings (SSSR count). The van der Waals surface area contributed by atoms with Crippen molar-refractivity contribution in [2.24, 2.45) is 18.4 Å². The third kappa shape index (κ3) is 3.81. The van der Waals surface area contributed by atoms with Crippen molar-refractivity contribution in [2.45, 2.75) is 12.6 Å². The zero-order valence-electron chi connectivity index (χ0n) is 17.9. The molecule has 2 aromatic rings. The number of ether oxygens (including phenoxy) is 1. The Morgan fingerprint density at radius 3 is 2.78 bits per heavy atom. The zero-order valence-corrected chi connectivity index (χ0v) is 17.9. The van der Waals surface area contributed by atoms with E-state index in [1.165, 1.54) is 12.3 Å². The number of piperidine rings is 1. The second kappa shape index (κ2) is 8.13. The minimum atomic E-state index is -4.61. The predicted octanol–water partition coefficient (Wildman–Crippen LogP) is 2.93. The third-order valence-electron chi connectivity index (χ3n) is 6.68. The average Bonchev–Trinajstić information content (AvgIpc) is 3.35. The van der Waals surface area contributed by atoms with E-state index in [0.717, 1.165) is 6.07 Å². The number of nitriles is 1. The lowest BCUT2D eigenvalue weighted by atomic mass is 9.73. The molecular formula is C22H24F3N5O2. The number of rotatable bonds is 4. The van der Waals surface area contributed by atoms with Gasteiger partial charge in [-0.25, -0.2) is 4.98 Å². The molecule has 0 N–H and O–H groups in total. The lowest BCUT2D eigenvalue weighted by molar-refractivity contribution is -0.137. The van der Waals surface area contributed by atoms with Crippen LogP contribution < -0.4 is 4.90 Å². The minimum absolute atomic E-state index is 0.0401. The summed E-state index contributed by atoms with van der Waals surface area (Å²) >= 11 is 0. The molecule has 32 heavy (non-hydrogen) atoms. The molecule has 2 aliphatic heterocycles. The zero-order chi connectivity index (χ0) is 23.1. The van der Waals surface area contributed by atoms with Crippen LogP contribution in [0.15, 0.2) is 30.7 Å². The number of benzene rings is 1. The van der Waals surface area contributed by atoms with Crippen LogP contribution in [-0.4, -0.2) is 60.3 Å². The molecule has 1 aromatic carbocycles. The van der Waals surface area contributed by atoms with E-state index in [4.69, 9.17) is 10.00 Å². The molecule has 1 amide bonds. The number of carbonyl (C=O) groups excluding carboxylic acids is 1. The van der Waals surface area contributed by atoms with Gasteiger partial charge in [-0.3, -0.25) is 4.79 Å². The fourth-order valence-electron chi connectivity index (χ4n) is 4.97. The quantitative estimate of drug-likeness (QED) is 0.721. The molecule has 2 fully saturated rings. The first kappa shape index (κ1) is 22.1. The Morgan fingerprint density at radius 1 is 1.38 bits per heavy atom. The largest absolute Gasteiger partial charge is 0.417 e. The van der Waals surface area contributed by atoms with Gasteiger partial charge in [-0.05, 0) is 24.6 Å². The minimum Gasteiger partial charge on any atom is -0.384 e. The topological polar surface area (TPSA) is 74.4 Å². The molecule has 3 heterocycles. The van der Waals surface area contributed by atoms with Gasteiger partial charge in [0.25, 0.3) is 5.91 Å². The molecular weight excluding hydrogens is 423 g/mol. The summed E-state index contributed by atoms with van der Waals surface area (Å²) in [6.07, 6.45) is -0.805. The number of alkyl halides is 3. The average molecular weight is 447 g/mol. The van der Waals surface area contributed by atoms with Crippen molar-refractivity contribution in [3.8, 4) is 6.07 Å². The predicted molar refractivity (Wildman–Crippen MR) is 110 cm³/mol. The van der Waals surface area contributed by atoms with Gasteiger partial charge in [0.2, 0.25) is 0 Å². The fraction of sp³-hybridized carbons (Fsp3) is 0.500. The Balaban J connectivity index is 1.60. The highest BCUT2D eigenvalue weighted by molar-refractivity contribution is 5.92. The Kier molecular flexibility index (Phi) is 5.63. The molecule has 2 aliphatic rings. The number of hydrogen-bond donors (Lipinski definition) is 0. The first-order chi connectivity index (χ1) is 15.2.